The Kier molecular flexibility index (Phi) is 5.02. The fourth-order valence-electron chi connectivity index (χ4n) is 2.40. The average Bonchev–Trinajstić information content (AvgIpc) is 3.21. The van der Waals surface area contributed by atoms with Gasteiger partial charge in [-0.25, -0.2) is 0 Å². The van der Waals surface area contributed by atoms with Gasteiger partial charge in [0.25, 0.3) is 0 Å². The number of nitrogens with zero attached hydrogens (tertiary/aromatic N) is 1. The van der Waals surface area contributed by atoms with Crippen molar-refractivity contribution >= 4 is 0 Å². The molecule has 0 spiro atoms. The molecule has 2 N–H and O–H groups in total. The second-order valence-corrected chi connectivity index (χ2v) is 5.14. The predicted octanol–water partition coefficient (Wildman–Crippen LogP) is 2.12. The summed E-state index contributed by atoms with van der Waals surface area (Å²) in [7, 11) is 2.18. The maximum Gasteiger partial charge on any atom is 0.119 e. The van der Waals surface area contributed by atoms with Crippen LogP contribution in [0, 0.1) is 5.92 Å². The lowest BCUT2D eigenvalue weighted by atomic mass is 10.1. The smallest absolute Gasteiger partial charge is 0.119 e. The molecule has 0 radical (unpaired) electrons. The van der Waals surface area contributed by atoms with Gasteiger partial charge in [0.1, 0.15) is 5.75 Å². The lowest BCUT2D eigenvalue weighted by Gasteiger charge is -2.26. The van der Waals surface area contributed by atoms with Crippen molar-refractivity contribution in [2.24, 2.45) is 11.7 Å². The van der Waals surface area contributed by atoms with Gasteiger partial charge < -0.3 is 15.4 Å². The van der Waals surface area contributed by atoms with Gasteiger partial charge in [0, 0.05) is 19.1 Å². The molecule has 1 fully saturated rings. The van der Waals surface area contributed by atoms with E-state index in [9.17, 15) is 0 Å². The lowest BCUT2D eigenvalue weighted by Crippen LogP contribution is -2.40. The quantitative estimate of drug-likeness (QED) is 0.716. The molecule has 1 aromatic carbocycles. The highest BCUT2D eigenvalue weighted by molar-refractivity contribution is 5.20. The van der Waals surface area contributed by atoms with Gasteiger partial charge in [-0.15, -0.1) is 0 Å². The zero-order valence-electron chi connectivity index (χ0n) is 11.2. The van der Waals surface area contributed by atoms with Crippen molar-refractivity contribution < 1.29 is 4.74 Å². The van der Waals surface area contributed by atoms with E-state index in [4.69, 9.17) is 10.5 Å². The third-order valence-electron chi connectivity index (χ3n) is 3.64. The van der Waals surface area contributed by atoms with Crippen LogP contribution in [0.25, 0.3) is 0 Å². The average molecular weight is 248 g/mol. The van der Waals surface area contributed by atoms with Gasteiger partial charge in [0.15, 0.2) is 0 Å². The molecule has 0 aliphatic heterocycles. The van der Waals surface area contributed by atoms with Crippen LogP contribution >= 0.6 is 0 Å². The van der Waals surface area contributed by atoms with Crippen LogP contribution in [0.1, 0.15) is 19.3 Å². The zero-order chi connectivity index (χ0) is 12.8. The van der Waals surface area contributed by atoms with Crippen LogP contribution in [0.4, 0.5) is 0 Å². The highest BCUT2D eigenvalue weighted by Gasteiger charge is 2.32. The van der Waals surface area contributed by atoms with Crippen molar-refractivity contribution in [3.05, 3.63) is 30.3 Å². The first-order valence-electron chi connectivity index (χ1n) is 6.89. The Balaban J connectivity index is 1.62. The van der Waals surface area contributed by atoms with Crippen LogP contribution in [-0.4, -0.2) is 37.7 Å². The zero-order valence-corrected chi connectivity index (χ0v) is 11.2. The highest BCUT2D eigenvalue weighted by atomic mass is 16.5. The van der Waals surface area contributed by atoms with Gasteiger partial charge >= 0.3 is 0 Å². The van der Waals surface area contributed by atoms with Gasteiger partial charge in [-0.3, -0.25) is 0 Å². The van der Waals surface area contributed by atoms with E-state index < -0.39 is 0 Å². The number of nitrogens with two attached hydrogens (primary N) is 1. The third-order valence-corrected chi connectivity index (χ3v) is 3.64. The Morgan fingerprint density at radius 1 is 1.33 bits per heavy atom. The number of para-hydroxylation sites is 1. The summed E-state index contributed by atoms with van der Waals surface area (Å²) in [6, 6.07) is 10.6. The van der Waals surface area contributed by atoms with E-state index in [2.05, 4.69) is 11.9 Å². The van der Waals surface area contributed by atoms with Gasteiger partial charge in [0.05, 0.1) is 6.61 Å². The van der Waals surface area contributed by atoms with Crippen molar-refractivity contribution in [2.75, 3.05) is 26.7 Å². The van der Waals surface area contributed by atoms with Gasteiger partial charge in [-0.2, -0.15) is 0 Å². The van der Waals surface area contributed by atoms with E-state index in [1.54, 1.807) is 0 Å². The number of ether oxygens (including phenoxy) is 1. The molecule has 0 amide bonds. The number of likely N-dealkylation sites (N-methyl/N-ethyl adjacent to an activating group) is 1. The SMILES string of the molecule is CN(CCCOc1ccccc1)C(CN)C1CC1. The fraction of sp³-hybridized carbons (Fsp3) is 0.600. The van der Waals surface area contributed by atoms with Crippen molar-refractivity contribution in [2.45, 2.75) is 25.3 Å². The Morgan fingerprint density at radius 3 is 2.67 bits per heavy atom. The molecule has 1 aliphatic rings. The normalized spacial score (nSPS) is 16.8. The van der Waals surface area contributed by atoms with E-state index in [0.717, 1.165) is 37.8 Å². The molecule has 1 aliphatic carbocycles. The van der Waals surface area contributed by atoms with Crippen LogP contribution < -0.4 is 10.5 Å². The summed E-state index contributed by atoms with van der Waals surface area (Å²) in [4.78, 5) is 2.39. The Morgan fingerprint density at radius 2 is 2.06 bits per heavy atom. The first-order valence-corrected chi connectivity index (χ1v) is 6.89. The van der Waals surface area contributed by atoms with Crippen molar-refractivity contribution in [3.63, 3.8) is 0 Å². The standard InChI is InChI=1S/C15H24N2O/c1-17(15(12-16)13-8-9-13)10-5-11-18-14-6-3-2-4-7-14/h2-4,6-7,13,15H,5,8-12,16H2,1H3. The summed E-state index contributed by atoms with van der Waals surface area (Å²) in [5.74, 6) is 1.80. The minimum atomic E-state index is 0.571. The molecule has 3 heteroatoms. The Labute approximate surface area is 110 Å². The lowest BCUT2D eigenvalue weighted by molar-refractivity contribution is 0.201. The molecule has 1 atom stereocenters. The molecule has 3 nitrogen and oxygen atoms in total. The molecule has 0 bridgehead atoms. The molecule has 0 heterocycles. The van der Waals surface area contributed by atoms with E-state index in [-0.39, 0.29) is 0 Å². The minimum Gasteiger partial charge on any atom is -0.494 e. The topological polar surface area (TPSA) is 38.5 Å². The molecule has 1 saturated carbocycles. The summed E-state index contributed by atoms with van der Waals surface area (Å²) in [5, 5.41) is 0. The molecule has 1 aromatic rings. The van der Waals surface area contributed by atoms with Gasteiger partial charge in [-0.05, 0) is 44.4 Å². The Bertz CT molecular complexity index is 338. The van der Waals surface area contributed by atoms with Crippen LogP contribution in [0.2, 0.25) is 0 Å². The monoisotopic (exact) mass is 248 g/mol. The molecule has 0 aromatic heterocycles. The first kappa shape index (κ1) is 13.4. The fourth-order valence-corrected chi connectivity index (χ4v) is 2.40. The first-order chi connectivity index (χ1) is 8.81. The number of hydrogen-bond donors (Lipinski definition) is 1. The summed E-state index contributed by atoms with van der Waals surface area (Å²) in [6.07, 6.45) is 3.76. The highest BCUT2D eigenvalue weighted by Crippen LogP contribution is 2.34. The maximum atomic E-state index is 5.84. The van der Waals surface area contributed by atoms with Gasteiger partial charge in [0.2, 0.25) is 0 Å². The van der Waals surface area contributed by atoms with E-state index in [1.807, 2.05) is 30.3 Å². The van der Waals surface area contributed by atoms with Gasteiger partial charge in [-0.1, -0.05) is 18.2 Å². The number of hydrogen-bond acceptors (Lipinski definition) is 3. The molecule has 2 rings (SSSR count). The third kappa shape index (κ3) is 4.00. The number of benzene rings is 1. The molecule has 1 unspecified atom stereocenters. The second kappa shape index (κ2) is 6.76. The molecule has 18 heavy (non-hydrogen) atoms. The minimum absolute atomic E-state index is 0.571. The molecular formula is C15H24N2O. The summed E-state index contributed by atoms with van der Waals surface area (Å²) in [6.45, 7) is 2.61. The van der Waals surface area contributed by atoms with Crippen LogP contribution in [0.5, 0.6) is 5.75 Å². The molecule has 0 saturated heterocycles. The largest absolute Gasteiger partial charge is 0.494 e. The summed E-state index contributed by atoms with van der Waals surface area (Å²) >= 11 is 0. The predicted molar refractivity (Wildman–Crippen MR) is 74.8 cm³/mol. The van der Waals surface area contributed by atoms with Crippen LogP contribution in [-0.2, 0) is 0 Å². The van der Waals surface area contributed by atoms with E-state index in [1.165, 1.54) is 12.8 Å². The maximum absolute atomic E-state index is 5.84. The van der Waals surface area contributed by atoms with Crippen molar-refractivity contribution in [3.8, 4) is 5.75 Å². The summed E-state index contributed by atoms with van der Waals surface area (Å²) in [5.41, 5.74) is 5.84. The van der Waals surface area contributed by atoms with E-state index >= 15 is 0 Å². The molecule has 100 valence electrons. The van der Waals surface area contributed by atoms with Crippen molar-refractivity contribution in [1.82, 2.24) is 4.90 Å². The summed E-state index contributed by atoms with van der Waals surface area (Å²) < 4.78 is 5.69. The van der Waals surface area contributed by atoms with Crippen LogP contribution in [0.15, 0.2) is 30.3 Å². The van der Waals surface area contributed by atoms with E-state index in [0.29, 0.717) is 6.04 Å². The number of rotatable bonds is 8. The second-order valence-electron chi connectivity index (χ2n) is 5.14. The Hall–Kier alpha value is -1.06. The molecular weight excluding hydrogens is 224 g/mol. The van der Waals surface area contributed by atoms with Crippen molar-refractivity contribution in [1.29, 1.82) is 0 Å². The van der Waals surface area contributed by atoms with Crippen LogP contribution in [0.3, 0.4) is 0 Å².